The average molecular weight is 405 g/mol. The van der Waals surface area contributed by atoms with Crippen molar-refractivity contribution in [3.63, 3.8) is 0 Å². The van der Waals surface area contributed by atoms with Crippen LogP contribution in [0.25, 0.3) is 0 Å². The highest BCUT2D eigenvalue weighted by Gasteiger charge is 2.32. The van der Waals surface area contributed by atoms with Crippen molar-refractivity contribution in [3.05, 3.63) is 94.3 Å². The van der Waals surface area contributed by atoms with Crippen molar-refractivity contribution in [2.75, 3.05) is 4.90 Å². The van der Waals surface area contributed by atoms with Gasteiger partial charge in [0.05, 0.1) is 18.7 Å². The largest absolute Gasteiger partial charge is 0.489 e. The first kappa shape index (κ1) is 19.6. The molecule has 1 amide bonds. The van der Waals surface area contributed by atoms with Gasteiger partial charge in [-0.15, -0.1) is 0 Å². The number of carbonyl (C=O) groups is 2. The molecule has 0 radical (unpaired) electrons. The van der Waals surface area contributed by atoms with E-state index in [1.54, 1.807) is 55.5 Å². The molecule has 152 valence electrons. The quantitative estimate of drug-likeness (QED) is 0.656. The van der Waals surface area contributed by atoms with Gasteiger partial charge >= 0.3 is 5.97 Å². The molecule has 0 saturated carbocycles. The first-order chi connectivity index (χ1) is 14.4. The number of aliphatic carboxylic acids is 1. The van der Waals surface area contributed by atoms with Crippen LogP contribution in [0.1, 0.15) is 32.6 Å². The summed E-state index contributed by atoms with van der Waals surface area (Å²) in [6.45, 7) is 2.26. The maximum Gasteiger partial charge on any atom is 0.307 e. The summed E-state index contributed by atoms with van der Waals surface area (Å²) in [6.07, 6.45) is -0.0554. The fraction of sp³-hybridized carbons (Fsp3) is 0.167. The first-order valence-corrected chi connectivity index (χ1v) is 9.54. The Morgan fingerprint density at radius 1 is 1.10 bits per heavy atom. The third-order valence-electron chi connectivity index (χ3n) is 5.06. The Bertz CT molecular complexity index is 1140. The molecular weight excluding hydrogens is 385 g/mol. The standard InChI is InChI=1S/C24H20FNO4/c1-15-8-9-21(20(25)10-15)26-13-19-18(24(26)29)6-3-7-22(19)30-14-17-5-2-4-16(11-17)12-23(27)28/h2-11H,12-14H2,1H3,(H,27,28). The van der Waals surface area contributed by atoms with Crippen LogP contribution in [0.5, 0.6) is 5.75 Å². The van der Waals surface area contributed by atoms with Gasteiger partial charge < -0.3 is 14.7 Å². The number of carboxylic acid groups (broad SMARTS) is 1. The number of amides is 1. The number of fused-ring (bicyclic) bond motifs is 1. The molecule has 0 unspecified atom stereocenters. The number of hydrogen-bond acceptors (Lipinski definition) is 3. The van der Waals surface area contributed by atoms with Crippen LogP contribution < -0.4 is 9.64 Å². The molecular formula is C24H20FNO4. The lowest BCUT2D eigenvalue weighted by Gasteiger charge is -2.17. The first-order valence-electron chi connectivity index (χ1n) is 9.54. The van der Waals surface area contributed by atoms with Crippen molar-refractivity contribution in [2.24, 2.45) is 0 Å². The van der Waals surface area contributed by atoms with E-state index in [0.717, 1.165) is 11.1 Å². The second-order valence-corrected chi connectivity index (χ2v) is 7.31. The average Bonchev–Trinajstić information content (AvgIpc) is 3.03. The molecule has 3 aromatic rings. The van der Waals surface area contributed by atoms with Crippen molar-refractivity contribution < 1.29 is 23.8 Å². The molecule has 0 fully saturated rings. The molecule has 1 N–H and O–H groups in total. The fourth-order valence-electron chi connectivity index (χ4n) is 3.63. The predicted octanol–water partition coefficient (Wildman–Crippen LogP) is 4.50. The number of aryl methyl sites for hydroxylation is 1. The van der Waals surface area contributed by atoms with E-state index < -0.39 is 11.8 Å². The summed E-state index contributed by atoms with van der Waals surface area (Å²) in [5, 5.41) is 8.96. The zero-order valence-corrected chi connectivity index (χ0v) is 16.4. The third kappa shape index (κ3) is 3.89. The van der Waals surface area contributed by atoms with Gasteiger partial charge in [-0.25, -0.2) is 4.39 Å². The van der Waals surface area contributed by atoms with E-state index in [4.69, 9.17) is 9.84 Å². The molecule has 6 heteroatoms. The van der Waals surface area contributed by atoms with Crippen molar-refractivity contribution in [3.8, 4) is 5.75 Å². The highest BCUT2D eigenvalue weighted by molar-refractivity contribution is 6.10. The zero-order valence-electron chi connectivity index (χ0n) is 16.4. The molecule has 0 bridgehead atoms. The lowest BCUT2D eigenvalue weighted by Crippen LogP contribution is -2.24. The molecule has 0 spiro atoms. The number of benzene rings is 3. The molecule has 3 aromatic carbocycles. The number of carbonyl (C=O) groups excluding carboxylic acids is 1. The molecule has 0 aliphatic carbocycles. The van der Waals surface area contributed by atoms with Crippen LogP contribution in [0, 0.1) is 12.7 Å². The molecule has 1 heterocycles. The van der Waals surface area contributed by atoms with Crippen LogP contribution >= 0.6 is 0 Å². The van der Waals surface area contributed by atoms with Crippen LogP contribution in [-0.2, 0) is 24.4 Å². The molecule has 5 nitrogen and oxygen atoms in total. The van der Waals surface area contributed by atoms with Crippen molar-refractivity contribution in [1.82, 2.24) is 0 Å². The van der Waals surface area contributed by atoms with E-state index >= 15 is 0 Å². The Labute approximate surface area is 173 Å². The summed E-state index contributed by atoms with van der Waals surface area (Å²) in [4.78, 5) is 25.2. The molecule has 4 rings (SSSR count). The van der Waals surface area contributed by atoms with Crippen molar-refractivity contribution in [2.45, 2.75) is 26.5 Å². The van der Waals surface area contributed by atoms with Gasteiger partial charge in [-0.3, -0.25) is 9.59 Å². The second-order valence-electron chi connectivity index (χ2n) is 7.31. The third-order valence-corrected chi connectivity index (χ3v) is 5.06. The van der Waals surface area contributed by atoms with Crippen LogP contribution in [0.2, 0.25) is 0 Å². The highest BCUT2D eigenvalue weighted by Crippen LogP contribution is 2.35. The molecule has 0 aromatic heterocycles. The van der Waals surface area contributed by atoms with Gasteiger partial charge in [0.25, 0.3) is 5.91 Å². The van der Waals surface area contributed by atoms with E-state index in [0.29, 0.717) is 22.4 Å². The SMILES string of the molecule is Cc1ccc(N2Cc3c(OCc4cccc(CC(=O)O)c4)cccc3C2=O)c(F)c1. The lowest BCUT2D eigenvalue weighted by atomic mass is 10.1. The van der Waals surface area contributed by atoms with E-state index in [1.807, 2.05) is 6.07 Å². The van der Waals surface area contributed by atoms with Gasteiger partial charge in [-0.1, -0.05) is 36.4 Å². The smallest absolute Gasteiger partial charge is 0.307 e. The number of halogens is 1. The van der Waals surface area contributed by atoms with E-state index in [9.17, 15) is 14.0 Å². The monoisotopic (exact) mass is 405 g/mol. The second kappa shape index (κ2) is 7.99. The Morgan fingerprint density at radius 2 is 1.87 bits per heavy atom. The number of nitrogens with zero attached hydrogens (tertiary/aromatic N) is 1. The van der Waals surface area contributed by atoms with Gasteiger partial charge in [-0.2, -0.15) is 0 Å². The predicted molar refractivity (Wildman–Crippen MR) is 110 cm³/mol. The van der Waals surface area contributed by atoms with Crippen LogP contribution in [-0.4, -0.2) is 17.0 Å². The van der Waals surface area contributed by atoms with E-state index in [2.05, 4.69) is 0 Å². The molecule has 1 aliphatic heterocycles. The van der Waals surface area contributed by atoms with Crippen LogP contribution in [0.3, 0.4) is 0 Å². The summed E-state index contributed by atoms with van der Waals surface area (Å²) in [6, 6.07) is 17.2. The minimum Gasteiger partial charge on any atom is -0.489 e. The summed E-state index contributed by atoms with van der Waals surface area (Å²) >= 11 is 0. The minimum atomic E-state index is -0.893. The normalized spacial score (nSPS) is 12.7. The summed E-state index contributed by atoms with van der Waals surface area (Å²) in [7, 11) is 0. The molecule has 1 aliphatic rings. The van der Waals surface area contributed by atoms with Gasteiger partial charge in [-0.05, 0) is 47.9 Å². The summed E-state index contributed by atoms with van der Waals surface area (Å²) in [5.74, 6) is -1.04. The van der Waals surface area contributed by atoms with Crippen LogP contribution in [0.4, 0.5) is 10.1 Å². The van der Waals surface area contributed by atoms with Gasteiger partial charge in [0, 0.05) is 11.1 Å². The Kier molecular flexibility index (Phi) is 5.23. The van der Waals surface area contributed by atoms with Gasteiger partial charge in [0.2, 0.25) is 0 Å². The number of ether oxygens (including phenoxy) is 1. The topological polar surface area (TPSA) is 66.8 Å². The zero-order chi connectivity index (χ0) is 21.3. The maximum atomic E-state index is 14.4. The minimum absolute atomic E-state index is 0.0554. The molecule has 30 heavy (non-hydrogen) atoms. The summed E-state index contributed by atoms with van der Waals surface area (Å²) < 4.78 is 20.4. The molecule has 0 saturated heterocycles. The van der Waals surface area contributed by atoms with Crippen molar-refractivity contribution >= 4 is 17.6 Å². The van der Waals surface area contributed by atoms with E-state index in [1.165, 1.54) is 11.0 Å². The van der Waals surface area contributed by atoms with Crippen LogP contribution in [0.15, 0.2) is 60.7 Å². The summed E-state index contributed by atoms with van der Waals surface area (Å²) in [5.41, 5.74) is 3.76. The number of hydrogen-bond donors (Lipinski definition) is 1. The van der Waals surface area contributed by atoms with Gasteiger partial charge in [0.1, 0.15) is 18.2 Å². The van der Waals surface area contributed by atoms with Gasteiger partial charge in [0.15, 0.2) is 0 Å². The Balaban J connectivity index is 1.55. The number of rotatable bonds is 6. The maximum absolute atomic E-state index is 14.4. The number of carboxylic acids is 1. The lowest BCUT2D eigenvalue weighted by molar-refractivity contribution is -0.136. The molecule has 0 atom stereocenters. The Morgan fingerprint density at radius 3 is 2.63 bits per heavy atom. The van der Waals surface area contributed by atoms with Crippen molar-refractivity contribution in [1.29, 1.82) is 0 Å². The Hall–Kier alpha value is -3.67. The number of anilines is 1. The van der Waals surface area contributed by atoms with E-state index in [-0.39, 0.29) is 31.2 Å². The fourth-order valence-corrected chi connectivity index (χ4v) is 3.63. The highest BCUT2D eigenvalue weighted by atomic mass is 19.1.